The Morgan fingerprint density at radius 3 is 2.18 bits per heavy atom. The number of carbonyl (C=O) groups is 1. The van der Waals surface area contributed by atoms with E-state index in [2.05, 4.69) is 33.8 Å². The van der Waals surface area contributed by atoms with Gasteiger partial charge in [-0.2, -0.15) is 0 Å². The first-order valence-electron chi connectivity index (χ1n) is 7.74. The van der Waals surface area contributed by atoms with Gasteiger partial charge in [0.1, 0.15) is 0 Å². The molecule has 0 saturated carbocycles. The highest BCUT2D eigenvalue weighted by Gasteiger charge is 2.07. The second-order valence-corrected chi connectivity index (χ2v) is 4.59. The summed E-state index contributed by atoms with van der Waals surface area (Å²) in [7, 11) is 1.34. The van der Waals surface area contributed by atoms with Crippen molar-refractivity contribution < 1.29 is 9.53 Å². The van der Waals surface area contributed by atoms with Crippen LogP contribution in [0, 0.1) is 0 Å². The fraction of sp³-hybridized carbons (Fsp3) is 0.389. The molecule has 118 valence electrons. The van der Waals surface area contributed by atoms with Crippen molar-refractivity contribution in [2.45, 2.75) is 40.0 Å². The normalized spacial score (nSPS) is 9.64. The van der Waals surface area contributed by atoms with Gasteiger partial charge in [-0.3, -0.25) is 0 Å². The Morgan fingerprint density at radius 1 is 1.09 bits per heavy atom. The van der Waals surface area contributed by atoms with Crippen molar-refractivity contribution >= 4 is 5.97 Å². The number of methoxy groups -OCH3 is 1. The number of ether oxygens (including phenoxy) is 1. The third kappa shape index (κ3) is 4.95. The number of esters is 1. The molecular formula is C18H24N2O2. The fourth-order valence-corrected chi connectivity index (χ4v) is 1.90. The van der Waals surface area contributed by atoms with Gasteiger partial charge >= 0.3 is 5.97 Å². The zero-order valence-corrected chi connectivity index (χ0v) is 13.8. The summed E-state index contributed by atoms with van der Waals surface area (Å²) in [5.74, 6) is 0.186. The van der Waals surface area contributed by atoms with Gasteiger partial charge in [0, 0.05) is 18.0 Å². The first-order valence-corrected chi connectivity index (χ1v) is 7.74. The van der Waals surface area contributed by atoms with E-state index in [1.807, 2.05) is 26.0 Å². The van der Waals surface area contributed by atoms with E-state index < -0.39 is 5.97 Å². The molecule has 1 aromatic heterocycles. The molecule has 0 saturated heterocycles. The third-order valence-corrected chi connectivity index (χ3v) is 3.10. The standard InChI is InChI=1S/C16H18N2O2.C2H6/c1-3-4-5-12-6-8-13(9-7-12)15-17-10-14(11-18-15)16(19)20-2;1-2/h6-11H,3-5H2,1-2H3;1-2H3. The summed E-state index contributed by atoms with van der Waals surface area (Å²) in [4.78, 5) is 19.7. The number of aromatic nitrogens is 2. The minimum atomic E-state index is -0.425. The van der Waals surface area contributed by atoms with Gasteiger partial charge in [-0.25, -0.2) is 14.8 Å². The van der Waals surface area contributed by atoms with E-state index in [9.17, 15) is 4.79 Å². The third-order valence-electron chi connectivity index (χ3n) is 3.10. The molecule has 1 aromatic carbocycles. The maximum atomic E-state index is 11.3. The molecule has 0 radical (unpaired) electrons. The van der Waals surface area contributed by atoms with Gasteiger partial charge in [0.2, 0.25) is 0 Å². The predicted molar refractivity (Wildman–Crippen MR) is 88.8 cm³/mol. The van der Waals surface area contributed by atoms with Crippen LogP contribution in [0.1, 0.15) is 49.5 Å². The summed E-state index contributed by atoms with van der Waals surface area (Å²) in [6.07, 6.45) is 6.46. The molecule has 0 atom stereocenters. The Labute approximate surface area is 132 Å². The monoisotopic (exact) mass is 300 g/mol. The minimum Gasteiger partial charge on any atom is -0.465 e. The fourth-order valence-electron chi connectivity index (χ4n) is 1.90. The lowest BCUT2D eigenvalue weighted by molar-refractivity contribution is 0.0600. The van der Waals surface area contributed by atoms with E-state index in [0.717, 1.165) is 12.0 Å². The minimum absolute atomic E-state index is 0.357. The lowest BCUT2D eigenvalue weighted by Gasteiger charge is -2.04. The summed E-state index contributed by atoms with van der Waals surface area (Å²) < 4.78 is 4.62. The number of nitrogens with zero attached hydrogens (tertiary/aromatic N) is 2. The largest absolute Gasteiger partial charge is 0.465 e. The SMILES string of the molecule is CC.CCCCc1ccc(-c2ncc(C(=O)OC)cn2)cc1. The van der Waals surface area contributed by atoms with Crippen LogP contribution in [0.2, 0.25) is 0 Å². The number of hydrogen-bond acceptors (Lipinski definition) is 4. The average molecular weight is 300 g/mol. The summed E-state index contributed by atoms with van der Waals surface area (Å²) in [6.45, 7) is 6.19. The molecule has 2 rings (SSSR count). The first-order chi connectivity index (χ1) is 10.7. The Morgan fingerprint density at radius 2 is 1.68 bits per heavy atom. The molecule has 0 spiro atoms. The van der Waals surface area contributed by atoms with Gasteiger partial charge in [-0.1, -0.05) is 51.5 Å². The highest BCUT2D eigenvalue weighted by Crippen LogP contribution is 2.16. The molecule has 0 aliphatic carbocycles. The number of rotatable bonds is 5. The summed E-state index contributed by atoms with van der Waals surface area (Å²) in [5.41, 5.74) is 2.62. The molecular weight excluding hydrogens is 276 g/mol. The van der Waals surface area contributed by atoms with Crippen LogP contribution in [-0.2, 0) is 11.2 Å². The highest BCUT2D eigenvalue weighted by molar-refractivity contribution is 5.88. The van der Waals surface area contributed by atoms with E-state index in [-0.39, 0.29) is 0 Å². The van der Waals surface area contributed by atoms with Gasteiger partial charge < -0.3 is 4.74 Å². The van der Waals surface area contributed by atoms with Crippen LogP contribution in [0.25, 0.3) is 11.4 Å². The highest BCUT2D eigenvalue weighted by atomic mass is 16.5. The average Bonchev–Trinajstić information content (AvgIpc) is 2.61. The molecule has 0 amide bonds. The van der Waals surface area contributed by atoms with E-state index >= 15 is 0 Å². The zero-order valence-electron chi connectivity index (χ0n) is 13.8. The van der Waals surface area contributed by atoms with E-state index in [0.29, 0.717) is 11.4 Å². The number of carbonyl (C=O) groups excluding carboxylic acids is 1. The second kappa shape index (κ2) is 9.66. The Hall–Kier alpha value is -2.23. The van der Waals surface area contributed by atoms with Crippen molar-refractivity contribution in [3.8, 4) is 11.4 Å². The van der Waals surface area contributed by atoms with Crippen LogP contribution < -0.4 is 0 Å². The van der Waals surface area contributed by atoms with Crippen molar-refractivity contribution in [2.24, 2.45) is 0 Å². The van der Waals surface area contributed by atoms with Crippen LogP contribution in [0.3, 0.4) is 0 Å². The van der Waals surface area contributed by atoms with E-state index in [4.69, 9.17) is 0 Å². The Kier molecular flexibility index (Phi) is 7.83. The van der Waals surface area contributed by atoms with E-state index in [1.165, 1.54) is 37.9 Å². The molecule has 0 aliphatic heterocycles. The summed E-state index contributed by atoms with van der Waals surface area (Å²) in [5, 5.41) is 0. The topological polar surface area (TPSA) is 52.1 Å². The van der Waals surface area contributed by atoms with Gasteiger partial charge in [0.05, 0.1) is 12.7 Å². The van der Waals surface area contributed by atoms with Crippen molar-refractivity contribution in [3.05, 3.63) is 47.8 Å². The Balaban J connectivity index is 0.00000116. The smallest absolute Gasteiger partial charge is 0.341 e. The molecule has 0 N–H and O–H groups in total. The number of aryl methyl sites for hydroxylation is 1. The number of hydrogen-bond donors (Lipinski definition) is 0. The number of unbranched alkanes of at least 4 members (excludes halogenated alkanes) is 1. The van der Waals surface area contributed by atoms with Crippen molar-refractivity contribution in [1.29, 1.82) is 0 Å². The second-order valence-electron chi connectivity index (χ2n) is 4.59. The maximum absolute atomic E-state index is 11.3. The van der Waals surface area contributed by atoms with Crippen LogP contribution in [-0.4, -0.2) is 23.0 Å². The van der Waals surface area contributed by atoms with Crippen LogP contribution in [0.4, 0.5) is 0 Å². The zero-order chi connectivity index (χ0) is 16.4. The molecule has 4 nitrogen and oxygen atoms in total. The quantitative estimate of drug-likeness (QED) is 0.773. The summed E-state index contributed by atoms with van der Waals surface area (Å²) in [6, 6.07) is 8.22. The molecule has 22 heavy (non-hydrogen) atoms. The molecule has 0 fully saturated rings. The molecule has 0 unspecified atom stereocenters. The van der Waals surface area contributed by atoms with Gasteiger partial charge in [0.15, 0.2) is 5.82 Å². The van der Waals surface area contributed by atoms with Gasteiger partial charge in [-0.05, 0) is 18.4 Å². The van der Waals surface area contributed by atoms with E-state index in [1.54, 1.807) is 0 Å². The van der Waals surface area contributed by atoms with Crippen LogP contribution >= 0.6 is 0 Å². The van der Waals surface area contributed by atoms with Crippen LogP contribution in [0.15, 0.2) is 36.7 Å². The molecule has 1 heterocycles. The first kappa shape index (κ1) is 17.8. The molecule has 2 aromatic rings. The number of benzene rings is 1. The van der Waals surface area contributed by atoms with Crippen LogP contribution in [0.5, 0.6) is 0 Å². The lowest BCUT2D eigenvalue weighted by atomic mass is 10.1. The van der Waals surface area contributed by atoms with Gasteiger partial charge in [-0.15, -0.1) is 0 Å². The predicted octanol–water partition coefficient (Wildman–Crippen LogP) is 4.30. The van der Waals surface area contributed by atoms with Crippen molar-refractivity contribution in [3.63, 3.8) is 0 Å². The maximum Gasteiger partial charge on any atom is 0.341 e. The Bertz CT molecular complexity index is 563. The molecule has 4 heteroatoms. The van der Waals surface area contributed by atoms with Crippen molar-refractivity contribution in [2.75, 3.05) is 7.11 Å². The molecule has 0 aliphatic rings. The summed E-state index contributed by atoms with van der Waals surface area (Å²) >= 11 is 0. The molecule has 0 bridgehead atoms. The van der Waals surface area contributed by atoms with Crippen molar-refractivity contribution in [1.82, 2.24) is 9.97 Å². The lowest BCUT2D eigenvalue weighted by Crippen LogP contribution is -2.03. The van der Waals surface area contributed by atoms with Gasteiger partial charge in [0.25, 0.3) is 0 Å².